The van der Waals surface area contributed by atoms with Gasteiger partial charge in [-0.3, -0.25) is 0 Å². The number of ether oxygens (including phenoxy) is 1. The van der Waals surface area contributed by atoms with Crippen molar-refractivity contribution in [2.75, 3.05) is 6.61 Å². The monoisotopic (exact) mass is 331 g/mol. The lowest BCUT2D eigenvalue weighted by atomic mass is 9.99. The average molecular weight is 332 g/mol. The van der Waals surface area contributed by atoms with Crippen LogP contribution in [0.2, 0.25) is 5.02 Å². The Hall–Kier alpha value is -1.41. The van der Waals surface area contributed by atoms with Gasteiger partial charge in [0, 0.05) is 0 Å². The van der Waals surface area contributed by atoms with Gasteiger partial charge in [-0.1, -0.05) is 23.7 Å². The lowest BCUT2D eigenvalue weighted by Gasteiger charge is -2.23. The van der Waals surface area contributed by atoms with Gasteiger partial charge in [0.1, 0.15) is 6.04 Å². The molecule has 0 bridgehead atoms. The number of alkyl halides is 5. The van der Waals surface area contributed by atoms with Crippen LogP contribution in [0.1, 0.15) is 24.1 Å². The van der Waals surface area contributed by atoms with E-state index in [1.54, 1.807) is 0 Å². The molecule has 2 N–H and O–H groups in total. The summed E-state index contributed by atoms with van der Waals surface area (Å²) in [5.74, 6) is -6.13. The minimum Gasteiger partial charge on any atom is -0.462 e. The standard InChI is InChI=1S/C12H11ClF5NO2/c1-2-21-10(20)11(14,15)9(19)6-4-3-5-7(8(6)13)12(16,17)18/h3-5,9H,2,19H2,1H3/t9-/m1/s1. The fourth-order valence-corrected chi connectivity index (χ4v) is 1.91. The van der Waals surface area contributed by atoms with E-state index in [-0.39, 0.29) is 6.61 Å². The highest BCUT2D eigenvalue weighted by molar-refractivity contribution is 6.32. The second-order valence-electron chi connectivity index (χ2n) is 4.03. The predicted molar refractivity (Wildman–Crippen MR) is 65.0 cm³/mol. The molecule has 0 heterocycles. The van der Waals surface area contributed by atoms with Gasteiger partial charge in [-0.15, -0.1) is 0 Å². The van der Waals surface area contributed by atoms with Crippen LogP contribution in [0.25, 0.3) is 0 Å². The number of hydrogen-bond acceptors (Lipinski definition) is 3. The molecule has 21 heavy (non-hydrogen) atoms. The summed E-state index contributed by atoms with van der Waals surface area (Å²) in [5, 5.41) is -0.971. The Balaban J connectivity index is 3.25. The van der Waals surface area contributed by atoms with Crippen molar-refractivity contribution in [1.82, 2.24) is 0 Å². The lowest BCUT2D eigenvalue weighted by molar-refractivity contribution is -0.174. The Morgan fingerprint density at radius 1 is 1.33 bits per heavy atom. The molecule has 0 unspecified atom stereocenters. The van der Waals surface area contributed by atoms with Crippen molar-refractivity contribution in [1.29, 1.82) is 0 Å². The summed E-state index contributed by atoms with van der Waals surface area (Å²) in [7, 11) is 0. The number of rotatable bonds is 4. The number of halogens is 6. The number of carbonyl (C=O) groups is 1. The fourth-order valence-electron chi connectivity index (χ4n) is 1.56. The normalized spacial score (nSPS) is 13.9. The third kappa shape index (κ3) is 3.62. The minimum absolute atomic E-state index is 0.322. The second kappa shape index (κ2) is 6.15. The maximum Gasteiger partial charge on any atom is 0.417 e. The smallest absolute Gasteiger partial charge is 0.417 e. The van der Waals surface area contributed by atoms with E-state index in [9.17, 15) is 26.7 Å². The molecule has 0 aliphatic heterocycles. The van der Waals surface area contributed by atoms with Crippen LogP contribution in [0, 0.1) is 0 Å². The van der Waals surface area contributed by atoms with Crippen molar-refractivity contribution in [2.24, 2.45) is 5.73 Å². The largest absolute Gasteiger partial charge is 0.462 e. The Labute approximate surface area is 121 Å². The summed E-state index contributed by atoms with van der Waals surface area (Å²) in [6.07, 6.45) is -4.83. The molecule has 1 aromatic carbocycles. The van der Waals surface area contributed by atoms with Crippen molar-refractivity contribution in [3.8, 4) is 0 Å². The summed E-state index contributed by atoms with van der Waals surface area (Å²) < 4.78 is 69.6. The fraction of sp³-hybridized carbons (Fsp3) is 0.417. The van der Waals surface area contributed by atoms with Gasteiger partial charge in [-0.05, 0) is 18.6 Å². The van der Waals surface area contributed by atoms with E-state index >= 15 is 0 Å². The molecule has 0 fully saturated rings. The van der Waals surface area contributed by atoms with Crippen LogP contribution in [0.3, 0.4) is 0 Å². The van der Waals surface area contributed by atoms with E-state index in [1.807, 2.05) is 0 Å². The molecule has 0 saturated carbocycles. The first-order valence-corrected chi connectivity index (χ1v) is 6.07. The second-order valence-corrected chi connectivity index (χ2v) is 4.41. The Morgan fingerprint density at radius 3 is 2.38 bits per heavy atom. The van der Waals surface area contributed by atoms with Crippen LogP contribution in [0.15, 0.2) is 18.2 Å². The SMILES string of the molecule is CCOC(=O)C(F)(F)[C@H](N)c1cccc(C(F)(F)F)c1Cl. The molecule has 118 valence electrons. The van der Waals surface area contributed by atoms with Crippen molar-refractivity contribution >= 4 is 17.6 Å². The Kier molecular flexibility index (Phi) is 5.16. The molecular weight excluding hydrogens is 321 g/mol. The van der Waals surface area contributed by atoms with Gasteiger partial charge in [-0.25, -0.2) is 4.79 Å². The highest BCUT2D eigenvalue weighted by Crippen LogP contribution is 2.40. The molecular formula is C12H11ClF5NO2. The van der Waals surface area contributed by atoms with E-state index in [1.165, 1.54) is 6.92 Å². The molecule has 0 radical (unpaired) electrons. The number of nitrogens with two attached hydrogens (primary N) is 1. The van der Waals surface area contributed by atoms with Crippen LogP contribution < -0.4 is 5.73 Å². The zero-order valence-corrected chi connectivity index (χ0v) is 11.4. The molecule has 1 aromatic rings. The van der Waals surface area contributed by atoms with Crippen LogP contribution in [0.5, 0.6) is 0 Å². The van der Waals surface area contributed by atoms with E-state index in [2.05, 4.69) is 4.74 Å². The van der Waals surface area contributed by atoms with E-state index < -0.39 is 40.3 Å². The predicted octanol–water partition coefficient (Wildman–Crippen LogP) is 3.56. The van der Waals surface area contributed by atoms with Gasteiger partial charge < -0.3 is 10.5 Å². The first kappa shape index (κ1) is 17.6. The van der Waals surface area contributed by atoms with Crippen molar-refractivity contribution in [2.45, 2.75) is 25.1 Å². The molecule has 3 nitrogen and oxygen atoms in total. The third-order valence-electron chi connectivity index (χ3n) is 2.61. The number of benzene rings is 1. The molecule has 9 heteroatoms. The molecule has 1 atom stereocenters. The number of carbonyl (C=O) groups excluding carboxylic acids is 1. The van der Waals surface area contributed by atoms with Crippen LogP contribution in [0.4, 0.5) is 22.0 Å². The highest BCUT2D eigenvalue weighted by atomic mass is 35.5. The molecule has 0 aliphatic carbocycles. The number of hydrogen-bond donors (Lipinski definition) is 1. The lowest BCUT2D eigenvalue weighted by Crippen LogP contribution is -2.42. The van der Waals surface area contributed by atoms with E-state index in [0.29, 0.717) is 6.07 Å². The van der Waals surface area contributed by atoms with Gasteiger partial charge in [0.05, 0.1) is 17.2 Å². The Morgan fingerprint density at radius 2 is 1.90 bits per heavy atom. The maximum atomic E-state index is 13.8. The Bertz CT molecular complexity index is 533. The van der Waals surface area contributed by atoms with Crippen molar-refractivity contribution < 1.29 is 31.5 Å². The summed E-state index contributed by atoms with van der Waals surface area (Å²) in [4.78, 5) is 11.2. The molecule has 0 aliphatic rings. The van der Waals surface area contributed by atoms with Crippen LogP contribution in [-0.2, 0) is 15.7 Å². The summed E-state index contributed by atoms with van der Waals surface area (Å²) in [6, 6.07) is 0.0491. The molecule has 1 rings (SSSR count). The summed E-state index contributed by atoms with van der Waals surface area (Å²) in [5.41, 5.74) is 3.22. The summed E-state index contributed by atoms with van der Waals surface area (Å²) in [6.45, 7) is 0.980. The topological polar surface area (TPSA) is 52.3 Å². The minimum atomic E-state index is -4.83. The van der Waals surface area contributed by atoms with E-state index in [4.69, 9.17) is 17.3 Å². The average Bonchev–Trinajstić information content (AvgIpc) is 2.37. The first-order chi connectivity index (χ1) is 9.53. The van der Waals surface area contributed by atoms with Gasteiger partial charge in [0.2, 0.25) is 0 Å². The quantitative estimate of drug-likeness (QED) is 0.678. The van der Waals surface area contributed by atoms with Crippen molar-refractivity contribution in [3.05, 3.63) is 34.3 Å². The highest BCUT2D eigenvalue weighted by Gasteiger charge is 2.49. The maximum absolute atomic E-state index is 13.8. The van der Waals surface area contributed by atoms with Gasteiger partial charge in [-0.2, -0.15) is 22.0 Å². The zero-order valence-electron chi connectivity index (χ0n) is 10.7. The molecule has 0 saturated heterocycles. The summed E-state index contributed by atoms with van der Waals surface area (Å²) >= 11 is 5.49. The van der Waals surface area contributed by atoms with Gasteiger partial charge in [0.25, 0.3) is 0 Å². The van der Waals surface area contributed by atoms with Crippen molar-refractivity contribution in [3.63, 3.8) is 0 Å². The van der Waals surface area contributed by atoms with Gasteiger partial charge in [0.15, 0.2) is 0 Å². The molecule has 0 spiro atoms. The molecule has 0 aromatic heterocycles. The zero-order chi connectivity index (χ0) is 16.4. The van der Waals surface area contributed by atoms with E-state index in [0.717, 1.165) is 12.1 Å². The first-order valence-electron chi connectivity index (χ1n) is 5.69. The molecule has 0 amide bonds. The van der Waals surface area contributed by atoms with Crippen LogP contribution >= 0.6 is 11.6 Å². The van der Waals surface area contributed by atoms with Gasteiger partial charge >= 0.3 is 18.1 Å². The number of esters is 1. The third-order valence-corrected chi connectivity index (χ3v) is 3.03. The van der Waals surface area contributed by atoms with Crippen LogP contribution in [-0.4, -0.2) is 18.5 Å².